The number of unbranched alkanes of at least 4 members (excludes halogenated alkanes) is 3. The van der Waals surface area contributed by atoms with Crippen molar-refractivity contribution in [2.75, 3.05) is 32.7 Å². The van der Waals surface area contributed by atoms with E-state index in [0.29, 0.717) is 38.2 Å². The van der Waals surface area contributed by atoms with E-state index < -0.39 is 10.0 Å². The average molecular weight is 483 g/mol. The molecule has 2 amide bonds. The van der Waals surface area contributed by atoms with Crippen molar-refractivity contribution in [3.63, 3.8) is 0 Å². The lowest BCUT2D eigenvalue weighted by atomic mass is 9.92. The van der Waals surface area contributed by atoms with Crippen LogP contribution in [0.25, 0.3) is 0 Å². The number of nitrogens with zero attached hydrogens (tertiary/aromatic N) is 3. The highest BCUT2D eigenvalue weighted by Crippen LogP contribution is 2.29. The third kappa shape index (κ3) is 6.15. The second-order valence-corrected chi connectivity index (χ2v) is 11.2. The summed E-state index contributed by atoms with van der Waals surface area (Å²) in [6, 6.07) is 0. The summed E-state index contributed by atoms with van der Waals surface area (Å²) < 4.78 is 32.5. The number of aromatic nitrogens is 1. The van der Waals surface area contributed by atoms with Crippen LogP contribution in [0.15, 0.2) is 9.42 Å². The fourth-order valence-corrected chi connectivity index (χ4v) is 6.63. The summed E-state index contributed by atoms with van der Waals surface area (Å²) in [5.74, 6) is 0.00811. The van der Waals surface area contributed by atoms with Crippen molar-refractivity contribution in [3.8, 4) is 0 Å². The van der Waals surface area contributed by atoms with Crippen molar-refractivity contribution in [2.45, 2.75) is 77.0 Å². The lowest BCUT2D eigenvalue weighted by molar-refractivity contribution is -0.140. The lowest BCUT2D eigenvalue weighted by Crippen LogP contribution is -2.49. The third-order valence-corrected chi connectivity index (χ3v) is 8.95. The predicted molar refractivity (Wildman–Crippen MR) is 124 cm³/mol. The zero-order valence-corrected chi connectivity index (χ0v) is 21.0. The molecule has 0 bridgehead atoms. The topological polar surface area (TPSA) is 113 Å². The van der Waals surface area contributed by atoms with Gasteiger partial charge in [0.05, 0.1) is 5.92 Å². The van der Waals surface area contributed by atoms with Gasteiger partial charge in [0.2, 0.25) is 21.8 Å². The molecule has 1 unspecified atom stereocenters. The zero-order chi connectivity index (χ0) is 24.0. The Morgan fingerprint density at radius 2 is 1.79 bits per heavy atom. The molecule has 3 rings (SSSR count). The standard InChI is InChI=1S/C23H38N4O5S/c1-4-5-6-7-12-24-22(28)20-9-8-13-26(16-20)23(29)19-10-14-27(15-11-19)33(30,31)21-17(2)25-32-18(21)3/h19-20H,4-16H2,1-3H3,(H,24,28). The number of hydrogen-bond acceptors (Lipinski definition) is 6. The van der Waals surface area contributed by atoms with Crippen LogP contribution in [0.4, 0.5) is 0 Å². The van der Waals surface area contributed by atoms with Gasteiger partial charge < -0.3 is 14.7 Å². The Morgan fingerprint density at radius 3 is 2.42 bits per heavy atom. The SMILES string of the molecule is CCCCCCNC(=O)C1CCCN(C(=O)C2CCN(S(=O)(=O)c3c(C)noc3C)CC2)C1. The number of carbonyl (C=O) groups is 2. The van der Waals surface area contributed by atoms with E-state index in [1.807, 2.05) is 4.90 Å². The highest BCUT2D eigenvalue weighted by molar-refractivity contribution is 7.89. The Hall–Kier alpha value is -1.94. The number of sulfonamides is 1. The van der Waals surface area contributed by atoms with Gasteiger partial charge in [-0.1, -0.05) is 31.3 Å². The van der Waals surface area contributed by atoms with Crippen LogP contribution >= 0.6 is 0 Å². The van der Waals surface area contributed by atoms with Crippen molar-refractivity contribution >= 4 is 21.8 Å². The number of likely N-dealkylation sites (tertiary alicyclic amines) is 1. The average Bonchev–Trinajstić information content (AvgIpc) is 3.17. The molecule has 3 heterocycles. The van der Waals surface area contributed by atoms with Crippen molar-refractivity contribution in [2.24, 2.45) is 11.8 Å². The van der Waals surface area contributed by atoms with Gasteiger partial charge in [-0.25, -0.2) is 8.42 Å². The van der Waals surface area contributed by atoms with E-state index in [9.17, 15) is 18.0 Å². The van der Waals surface area contributed by atoms with Gasteiger partial charge in [0.1, 0.15) is 10.6 Å². The predicted octanol–water partition coefficient (Wildman–Crippen LogP) is 2.63. The van der Waals surface area contributed by atoms with Crippen molar-refractivity contribution < 1.29 is 22.5 Å². The van der Waals surface area contributed by atoms with E-state index >= 15 is 0 Å². The molecule has 10 heteroatoms. The second-order valence-electron chi connectivity index (χ2n) is 9.31. The van der Waals surface area contributed by atoms with Gasteiger partial charge in [-0.3, -0.25) is 9.59 Å². The highest BCUT2D eigenvalue weighted by atomic mass is 32.2. The number of aryl methyl sites for hydroxylation is 2. The summed E-state index contributed by atoms with van der Waals surface area (Å²) >= 11 is 0. The summed E-state index contributed by atoms with van der Waals surface area (Å²) in [7, 11) is -3.69. The Morgan fingerprint density at radius 1 is 1.06 bits per heavy atom. The van der Waals surface area contributed by atoms with Crippen LogP contribution in [0.5, 0.6) is 0 Å². The van der Waals surface area contributed by atoms with Gasteiger partial charge in [0.25, 0.3) is 0 Å². The minimum atomic E-state index is -3.69. The lowest BCUT2D eigenvalue weighted by Gasteiger charge is -2.37. The largest absolute Gasteiger partial charge is 0.360 e. The number of rotatable bonds is 9. The Labute approximate surface area is 197 Å². The molecule has 0 spiro atoms. The van der Waals surface area contributed by atoms with E-state index in [-0.39, 0.29) is 47.4 Å². The first-order valence-corrected chi connectivity index (χ1v) is 13.7. The first kappa shape index (κ1) is 25.7. The van der Waals surface area contributed by atoms with Gasteiger partial charge in [-0.15, -0.1) is 0 Å². The fourth-order valence-electron chi connectivity index (χ4n) is 4.87. The van der Waals surface area contributed by atoms with Crippen LogP contribution in [-0.2, 0) is 19.6 Å². The molecule has 0 radical (unpaired) electrons. The molecule has 1 aromatic rings. The fraction of sp³-hybridized carbons (Fsp3) is 0.783. The monoisotopic (exact) mass is 482 g/mol. The van der Waals surface area contributed by atoms with Crippen LogP contribution in [-0.4, -0.2) is 67.3 Å². The Kier molecular flexibility index (Phi) is 8.92. The molecule has 2 fully saturated rings. The van der Waals surface area contributed by atoms with Crippen LogP contribution < -0.4 is 5.32 Å². The van der Waals surface area contributed by atoms with Crippen molar-refractivity contribution in [1.82, 2.24) is 19.7 Å². The molecular weight excluding hydrogens is 444 g/mol. The summed E-state index contributed by atoms with van der Waals surface area (Å²) in [4.78, 5) is 27.7. The molecule has 0 saturated carbocycles. The zero-order valence-electron chi connectivity index (χ0n) is 20.1. The van der Waals surface area contributed by atoms with Crippen molar-refractivity contribution in [1.29, 1.82) is 0 Å². The minimum Gasteiger partial charge on any atom is -0.360 e. The smallest absolute Gasteiger partial charge is 0.248 e. The summed E-state index contributed by atoms with van der Waals surface area (Å²) in [5.41, 5.74) is 0.355. The normalized spacial score (nSPS) is 20.7. The molecular formula is C23H38N4O5S. The molecule has 186 valence electrons. The Bertz CT molecular complexity index is 902. The number of nitrogens with one attached hydrogen (secondary N) is 1. The highest BCUT2D eigenvalue weighted by Gasteiger charge is 2.38. The molecule has 1 atom stereocenters. The molecule has 0 aromatic carbocycles. The maximum atomic E-state index is 13.1. The molecule has 2 aliphatic heterocycles. The third-order valence-electron chi connectivity index (χ3n) is 6.80. The number of carbonyl (C=O) groups excluding carboxylic acids is 2. The second kappa shape index (κ2) is 11.5. The van der Waals surface area contributed by atoms with Gasteiger partial charge in [-0.05, 0) is 46.0 Å². The van der Waals surface area contributed by atoms with Gasteiger partial charge >= 0.3 is 0 Å². The molecule has 1 N–H and O–H groups in total. The molecule has 2 saturated heterocycles. The molecule has 1 aromatic heterocycles. The number of piperidine rings is 2. The van der Waals surface area contributed by atoms with Gasteiger partial charge in [-0.2, -0.15) is 4.31 Å². The maximum Gasteiger partial charge on any atom is 0.248 e. The molecule has 9 nitrogen and oxygen atoms in total. The molecule has 2 aliphatic rings. The van der Waals surface area contributed by atoms with E-state index in [1.165, 1.54) is 10.7 Å². The van der Waals surface area contributed by atoms with Gasteiger partial charge in [0.15, 0.2) is 5.76 Å². The van der Waals surface area contributed by atoms with E-state index in [4.69, 9.17) is 4.52 Å². The van der Waals surface area contributed by atoms with Gasteiger partial charge in [0, 0.05) is 38.6 Å². The van der Waals surface area contributed by atoms with Crippen LogP contribution in [0.1, 0.15) is 69.7 Å². The summed E-state index contributed by atoms with van der Waals surface area (Å²) in [5, 5.41) is 6.79. The maximum absolute atomic E-state index is 13.1. The molecule has 0 aliphatic carbocycles. The number of hydrogen-bond donors (Lipinski definition) is 1. The van der Waals surface area contributed by atoms with E-state index in [2.05, 4.69) is 17.4 Å². The van der Waals surface area contributed by atoms with Crippen LogP contribution in [0.3, 0.4) is 0 Å². The first-order chi connectivity index (χ1) is 15.8. The molecule has 33 heavy (non-hydrogen) atoms. The Balaban J connectivity index is 1.50. The van der Waals surface area contributed by atoms with Crippen LogP contribution in [0.2, 0.25) is 0 Å². The van der Waals surface area contributed by atoms with E-state index in [1.54, 1.807) is 13.8 Å². The summed E-state index contributed by atoms with van der Waals surface area (Å²) in [6.45, 7) is 7.77. The van der Waals surface area contributed by atoms with Crippen LogP contribution in [0, 0.1) is 25.7 Å². The quantitative estimate of drug-likeness (QED) is 0.542. The van der Waals surface area contributed by atoms with E-state index in [0.717, 1.165) is 32.1 Å². The number of amides is 2. The summed E-state index contributed by atoms with van der Waals surface area (Å²) in [6.07, 6.45) is 7.04. The van der Waals surface area contributed by atoms with Crippen molar-refractivity contribution in [3.05, 3.63) is 11.5 Å². The first-order valence-electron chi connectivity index (χ1n) is 12.2. The minimum absolute atomic E-state index is 0.0457.